The van der Waals surface area contributed by atoms with Crippen molar-refractivity contribution in [3.05, 3.63) is 120 Å². The maximum Gasteiger partial charge on any atom is 0.251 e. The van der Waals surface area contributed by atoms with Crippen LogP contribution in [0.4, 0.5) is 0 Å². The zero-order valence-electron chi connectivity index (χ0n) is 21.0. The van der Waals surface area contributed by atoms with Crippen LogP contribution in [0.1, 0.15) is 65.3 Å². The fourth-order valence-corrected chi connectivity index (χ4v) is 4.24. The molecule has 2 N–H and O–H groups in total. The minimum Gasteiger partial charge on any atom is -0.346 e. The third kappa shape index (κ3) is 5.52. The summed E-state index contributed by atoms with van der Waals surface area (Å²) in [6.07, 6.45) is 6.65. The highest BCUT2D eigenvalue weighted by molar-refractivity contribution is 6.08. The Kier molecular flexibility index (Phi) is 7.59. The van der Waals surface area contributed by atoms with Gasteiger partial charge in [0.1, 0.15) is 0 Å². The first-order valence-electron chi connectivity index (χ1n) is 12.2. The first kappa shape index (κ1) is 24.9. The maximum absolute atomic E-state index is 13.0. The van der Waals surface area contributed by atoms with E-state index in [9.17, 15) is 4.79 Å². The molecule has 1 aromatic heterocycles. The number of imidazole rings is 1. The van der Waals surface area contributed by atoms with Gasteiger partial charge in [0.05, 0.1) is 23.4 Å². The molecule has 0 spiro atoms. The topological polar surface area (TPSA) is 70.8 Å². The Labute approximate surface area is 212 Å². The monoisotopic (exact) mass is 476 g/mol. The average Bonchev–Trinajstić information content (AvgIpc) is 3.29. The Morgan fingerprint density at radius 1 is 1.03 bits per heavy atom. The fourth-order valence-electron chi connectivity index (χ4n) is 4.24. The van der Waals surface area contributed by atoms with Crippen molar-refractivity contribution in [1.29, 1.82) is 5.41 Å². The van der Waals surface area contributed by atoms with Crippen LogP contribution in [0, 0.1) is 5.41 Å². The van der Waals surface area contributed by atoms with Gasteiger partial charge in [-0.05, 0) is 58.9 Å². The SMILES string of the molecule is C=CC=C(C=N)c1ccc(Cn2cnc3cc(C(=O)N[C@@H](C)c4cccc(C(C)C)c4)ccc32)cc1. The molecule has 182 valence electrons. The minimum atomic E-state index is -0.112. The van der Waals surface area contributed by atoms with Crippen LogP contribution >= 0.6 is 0 Å². The van der Waals surface area contributed by atoms with Crippen molar-refractivity contribution in [2.24, 2.45) is 0 Å². The van der Waals surface area contributed by atoms with Gasteiger partial charge in [-0.2, -0.15) is 0 Å². The number of rotatable bonds is 9. The van der Waals surface area contributed by atoms with Gasteiger partial charge in [0.15, 0.2) is 0 Å². The van der Waals surface area contributed by atoms with E-state index >= 15 is 0 Å². The second-order valence-corrected chi connectivity index (χ2v) is 9.29. The number of allylic oxidation sites excluding steroid dienone is 3. The van der Waals surface area contributed by atoms with E-state index in [0.717, 1.165) is 33.3 Å². The van der Waals surface area contributed by atoms with Gasteiger partial charge in [-0.15, -0.1) is 0 Å². The second kappa shape index (κ2) is 11.0. The van der Waals surface area contributed by atoms with Crippen LogP contribution in [0.25, 0.3) is 16.6 Å². The van der Waals surface area contributed by atoms with E-state index in [1.54, 1.807) is 12.4 Å². The predicted molar refractivity (Wildman–Crippen MR) is 149 cm³/mol. The molecule has 0 radical (unpaired) electrons. The van der Waals surface area contributed by atoms with Crippen molar-refractivity contribution in [1.82, 2.24) is 14.9 Å². The molecule has 0 saturated carbocycles. The highest BCUT2D eigenvalue weighted by Crippen LogP contribution is 2.22. The number of aromatic nitrogens is 2. The van der Waals surface area contributed by atoms with Gasteiger partial charge in [0.25, 0.3) is 5.91 Å². The summed E-state index contributed by atoms with van der Waals surface area (Å²) >= 11 is 0. The van der Waals surface area contributed by atoms with E-state index < -0.39 is 0 Å². The molecule has 0 aliphatic rings. The van der Waals surface area contributed by atoms with E-state index in [-0.39, 0.29) is 11.9 Å². The Morgan fingerprint density at radius 2 is 1.75 bits per heavy atom. The number of amides is 1. The lowest BCUT2D eigenvalue weighted by molar-refractivity contribution is 0.0940. The molecule has 5 nitrogen and oxygen atoms in total. The van der Waals surface area contributed by atoms with Crippen LogP contribution in [-0.2, 0) is 6.54 Å². The summed E-state index contributed by atoms with van der Waals surface area (Å²) in [5.74, 6) is 0.329. The molecule has 0 bridgehead atoms. The van der Waals surface area contributed by atoms with Crippen molar-refractivity contribution in [3.63, 3.8) is 0 Å². The summed E-state index contributed by atoms with van der Waals surface area (Å²) in [7, 11) is 0. The smallest absolute Gasteiger partial charge is 0.251 e. The number of hydrogen-bond donors (Lipinski definition) is 2. The van der Waals surface area contributed by atoms with Crippen molar-refractivity contribution < 1.29 is 4.79 Å². The van der Waals surface area contributed by atoms with Crippen LogP contribution in [0.3, 0.4) is 0 Å². The first-order chi connectivity index (χ1) is 17.4. The van der Waals surface area contributed by atoms with Crippen LogP contribution in [0.2, 0.25) is 0 Å². The van der Waals surface area contributed by atoms with Gasteiger partial charge >= 0.3 is 0 Å². The minimum absolute atomic E-state index is 0.0954. The molecule has 1 amide bonds. The van der Waals surface area contributed by atoms with E-state index in [4.69, 9.17) is 5.41 Å². The number of fused-ring (bicyclic) bond motifs is 1. The van der Waals surface area contributed by atoms with Crippen LogP contribution in [0.15, 0.2) is 91.8 Å². The summed E-state index contributed by atoms with van der Waals surface area (Å²) < 4.78 is 2.07. The van der Waals surface area contributed by atoms with Crippen molar-refractivity contribution in [2.75, 3.05) is 0 Å². The standard InChI is InChI=1S/C31H32N4O/c1-5-7-28(18-32)24-12-10-23(11-13-24)19-35-20-33-29-17-27(14-15-30(29)35)31(36)34-22(4)26-9-6-8-25(16-26)21(2)3/h5-18,20-22,32H,1,19H2,2-4H3,(H,34,36)/t22-/m0/s1. The highest BCUT2D eigenvalue weighted by Gasteiger charge is 2.14. The number of benzene rings is 3. The summed E-state index contributed by atoms with van der Waals surface area (Å²) in [5, 5.41) is 10.7. The molecular formula is C31H32N4O. The van der Waals surface area contributed by atoms with E-state index in [2.05, 4.69) is 65.6 Å². The quantitative estimate of drug-likeness (QED) is 0.203. The van der Waals surface area contributed by atoms with E-state index in [1.807, 2.05) is 49.4 Å². The fraction of sp³-hybridized carbons (Fsp3) is 0.194. The third-order valence-corrected chi connectivity index (χ3v) is 6.40. The number of hydrogen-bond acceptors (Lipinski definition) is 3. The lowest BCUT2D eigenvalue weighted by atomic mass is 9.98. The van der Waals surface area contributed by atoms with Gasteiger partial charge in [-0.3, -0.25) is 4.79 Å². The Morgan fingerprint density at radius 3 is 2.44 bits per heavy atom. The maximum atomic E-state index is 13.0. The van der Waals surface area contributed by atoms with Gasteiger partial charge in [0.2, 0.25) is 0 Å². The van der Waals surface area contributed by atoms with Crippen molar-refractivity contribution >= 4 is 28.7 Å². The Balaban J connectivity index is 1.47. The normalized spacial score (nSPS) is 12.5. The second-order valence-electron chi connectivity index (χ2n) is 9.29. The molecule has 4 rings (SSSR count). The highest BCUT2D eigenvalue weighted by atomic mass is 16.1. The molecule has 0 aliphatic heterocycles. The van der Waals surface area contributed by atoms with Crippen LogP contribution < -0.4 is 5.32 Å². The zero-order chi connectivity index (χ0) is 25.7. The number of nitrogens with zero attached hydrogens (tertiary/aromatic N) is 2. The molecule has 5 heteroatoms. The molecule has 4 aromatic rings. The number of carbonyl (C=O) groups excluding carboxylic acids is 1. The molecule has 0 aliphatic carbocycles. The molecule has 0 unspecified atom stereocenters. The summed E-state index contributed by atoms with van der Waals surface area (Å²) in [6, 6.07) is 22.1. The molecule has 3 aromatic carbocycles. The van der Waals surface area contributed by atoms with Gasteiger partial charge < -0.3 is 15.3 Å². The van der Waals surface area contributed by atoms with Crippen molar-refractivity contribution in [3.8, 4) is 0 Å². The molecule has 0 saturated heterocycles. The van der Waals surface area contributed by atoms with Crippen molar-refractivity contribution in [2.45, 2.75) is 39.3 Å². The lowest BCUT2D eigenvalue weighted by Crippen LogP contribution is -2.26. The van der Waals surface area contributed by atoms with Gasteiger partial charge in [-0.25, -0.2) is 4.98 Å². The van der Waals surface area contributed by atoms with Crippen LogP contribution in [0.5, 0.6) is 0 Å². The number of carbonyl (C=O) groups is 1. The van der Waals surface area contributed by atoms with E-state index in [1.165, 1.54) is 11.8 Å². The van der Waals surface area contributed by atoms with Gasteiger partial charge in [-0.1, -0.05) is 81.1 Å². The average molecular weight is 477 g/mol. The number of nitrogens with one attached hydrogen (secondary N) is 2. The predicted octanol–water partition coefficient (Wildman–Crippen LogP) is 6.92. The molecule has 36 heavy (non-hydrogen) atoms. The molecular weight excluding hydrogens is 444 g/mol. The Hall–Kier alpha value is -4.25. The largest absolute Gasteiger partial charge is 0.346 e. The van der Waals surface area contributed by atoms with Gasteiger partial charge in [0, 0.05) is 18.3 Å². The summed E-state index contributed by atoms with van der Waals surface area (Å²) in [6.45, 7) is 10.7. The third-order valence-electron chi connectivity index (χ3n) is 6.40. The summed E-state index contributed by atoms with van der Waals surface area (Å²) in [4.78, 5) is 17.5. The zero-order valence-corrected chi connectivity index (χ0v) is 21.0. The Bertz CT molecular complexity index is 1430. The van der Waals surface area contributed by atoms with Crippen LogP contribution in [-0.4, -0.2) is 21.7 Å². The molecule has 1 atom stereocenters. The lowest BCUT2D eigenvalue weighted by Gasteiger charge is -2.16. The van der Waals surface area contributed by atoms with E-state index in [0.29, 0.717) is 18.0 Å². The summed E-state index contributed by atoms with van der Waals surface area (Å²) in [5.41, 5.74) is 7.63. The molecule has 0 fully saturated rings. The molecule has 1 heterocycles. The first-order valence-corrected chi connectivity index (χ1v) is 12.2.